The zero-order chi connectivity index (χ0) is 24.0. The summed E-state index contributed by atoms with van der Waals surface area (Å²) in [4.78, 5) is 12.6. The summed E-state index contributed by atoms with van der Waals surface area (Å²) < 4.78 is 12.3. The number of halogens is 2. The van der Waals surface area contributed by atoms with Gasteiger partial charge in [-0.1, -0.05) is 51.8 Å². The van der Waals surface area contributed by atoms with E-state index in [1.54, 1.807) is 18.2 Å². The van der Waals surface area contributed by atoms with Crippen LogP contribution < -0.4 is 14.8 Å². The molecule has 0 saturated heterocycles. The molecule has 0 heterocycles. The van der Waals surface area contributed by atoms with E-state index in [0.717, 1.165) is 21.2 Å². The maximum Gasteiger partial charge on any atom is 0.266 e. The lowest BCUT2D eigenvalue weighted by molar-refractivity contribution is -0.112. The number of carbonyl (C=O) groups is 1. The molecule has 168 valence electrons. The molecule has 7 heteroatoms. The van der Waals surface area contributed by atoms with Gasteiger partial charge in [0.25, 0.3) is 5.91 Å². The SMILES string of the molecule is COc1cc(/C=C(\C#N)C(=O)Nc2ccc(C)c(C)c2)cc(Cl)c1OCc1ccccc1Br. The van der Waals surface area contributed by atoms with E-state index in [1.165, 1.54) is 13.2 Å². The van der Waals surface area contributed by atoms with Crippen LogP contribution in [0, 0.1) is 25.2 Å². The molecule has 0 aliphatic heterocycles. The van der Waals surface area contributed by atoms with Crippen LogP contribution in [0.15, 0.2) is 64.6 Å². The lowest BCUT2D eigenvalue weighted by atomic mass is 10.1. The molecule has 33 heavy (non-hydrogen) atoms. The van der Waals surface area contributed by atoms with Crippen LogP contribution in [0.25, 0.3) is 6.08 Å². The molecule has 0 fully saturated rings. The van der Waals surface area contributed by atoms with E-state index in [1.807, 2.05) is 56.3 Å². The van der Waals surface area contributed by atoms with Crippen LogP contribution in [0.1, 0.15) is 22.3 Å². The Morgan fingerprint density at radius 2 is 1.91 bits per heavy atom. The molecule has 0 atom stereocenters. The standard InChI is InChI=1S/C26H22BrClN2O3/c1-16-8-9-21(10-17(16)2)30-26(31)20(14-29)11-18-12-23(28)25(24(13-18)32-3)33-15-19-6-4-5-7-22(19)27/h4-13H,15H2,1-3H3,(H,30,31)/b20-11+. The number of benzene rings is 3. The van der Waals surface area contributed by atoms with Crippen molar-refractivity contribution in [2.45, 2.75) is 20.5 Å². The Labute approximate surface area is 206 Å². The number of rotatable bonds is 7. The second kappa shape index (κ2) is 11.0. The first-order valence-corrected chi connectivity index (χ1v) is 11.2. The van der Waals surface area contributed by atoms with Gasteiger partial charge in [-0.2, -0.15) is 5.26 Å². The number of carbonyl (C=O) groups excluding carboxylic acids is 1. The van der Waals surface area contributed by atoms with Crippen LogP contribution in [0.3, 0.4) is 0 Å². The Bertz CT molecular complexity index is 1260. The van der Waals surface area contributed by atoms with E-state index in [-0.39, 0.29) is 12.2 Å². The Hall–Kier alpha value is -3.27. The molecule has 0 aromatic heterocycles. The average molecular weight is 526 g/mol. The van der Waals surface area contributed by atoms with Crippen molar-refractivity contribution in [2.24, 2.45) is 0 Å². The summed E-state index contributed by atoms with van der Waals surface area (Å²) in [5.74, 6) is 0.267. The van der Waals surface area contributed by atoms with Crippen LogP contribution >= 0.6 is 27.5 Å². The largest absolute Gasteiger partial charge is 0.493 e. The van der Waals surface area contributed by atoms with Gasteiger partial charge in [-0.25, -0.2) is 0 Å². The van der Waals surface area contributed by atoms with Crippen molar-refractivity contribution in [2.75, 3.05) is 12.4 Å². The number of methoxy groups -OCH3 is 1. The minimum Gasteiger partial charge on any atom is -0.493 e. The van der Waals surface area contributed by atoms with Gasteiger partial charge < -0.3 is 14.8 Å². The molecular weight excluding hydrogens is 504 g/mol. The highest BCUT2D eigenvalue weighted by Gasteiger charge is 2.15. The van der Waals surface area contributed by atoms with Crippen molar-refractivity contribution in [1.82, 2.24) is 0 Å². The van der Waals surface area contributed by atoms with Gasteiger partial charge >= 0.3 is 0 Å². The first kappa shape index (κ1) is 24.4. The molecule has 0 saturated carbocycles. The van der Waals surface area contributed by atoms with Crippen molar-refractivity contribution in [3.05, 3.63) is 91.9 Å². The summed E-state index contributed by atoms with van der Waals surface area (Å²) in [7, 11) is 1.50. The molecule has 0 spiro atoms. The molecule has 3 aromatic carbocycles. The fourth-order valence-electron chi connectivity index (χ4n) is 3.06. The monoisotopic (exact) mass is 524 g/mol. The fourth-order valence-corrected chi connectivity index (χ4v) is 3.73. The van der Waals surface area contributed by atoms with E-state index in [2.05, 4.69) is 21.2 Å². The first-order chi connectivity index (χ1) is 15.8. The highest BCUT2D eigenvalue weighted by Crippen LogP contribution is 2.38. The number of aryl methyl sites for hydroxylation is 2. The molecule has 0 radical (unpaired) electrons. The summed E-state index contributed by atoms with van der Waals surface area (Å²) in [6, 6.07) is 18.5. The van der Waals surface area contributed by atoms with Gasteiger partial charge in [-0.3, -0.25) is 4.79 Å². The normalized spacial score (nSPS) is 11.0. The van der Waals surface area contributed by atoms with E-state index < -0.39 is 5.91 Å². The molecule has 0 bridgehead atoms. The Morgan fingerprint density at radius 1 is 1.15 bits per heavy atom. The summed E-state index contributed by atoms with van der Waals surface area (Å²) >= 11 is 9.95. The molecule has 5 nitrogen and oxygen atoms in total. The highest BCUT2D eigenvalue weighted by molar-refractivity contribution is 9.10. The molecule has 3 aromatic rings. The zero-order valence-electron chi connectivity index (χ0n) is 18.4. The van der Waals surface area contributed by atoms with Gasteiger partial charge in [0.05, 0.1) is 12.1 Å². The number of nitrogens with zero attached hydrogens (tertiary/aromatic N) is 1. The maximum absolute atomic E-state index is 12.6. The van der Waals surface area contributed by atoms with Crippen LogP contribution in [-0.4, -0.2) is 13.0 Å². The van der Waals surface area contributed by atoms with Crippen LogP contribution in [0.4, 0.5) is 5.69 Å². The minimum absolute atomic E-state index is 0.0618. The summed E-state index contributed by atoms with van der Waals surface area (Å²) in [5, 5.41) is 12.6. The van der Waals surface area contributed by atoms with Crippen molar-refractivity contribution in [3.8, 4) is 17.6 Å². The fraction of sp³-hybridized carbons (Fsp3) is 0.154. The second-order valence-electron chi connectivity index (χ2n) is 7.34. The van der Waals surface area contributed by atoms with E-state index in [9.17, 15) is 10.1 Å². The highest BCUT2D eigenvalue weighted by atomic mass is 79.9. The van der Waals surface area contributed by atoms with E-state index >= 15 is 0 Å². The smallest absolute Gasteiger partial charge is 0.266 e. The number of amides is 1. The van der Waals surface area contributed by atoms with Crippen molar-refractivity contribution < 1.29 is 14.3 Å². The third-order valence-electron chi connectivity index (χ3n) is 5.02. The number of nitrogens with one attached hydrogen (secondary N) is 1. The predicted octanol–water partition coefficient (Wildman–Crippen LogP) is 6.85. The second-order valence-corrected chi connectivity index (χ2v) is 8.60. The predicted molar refractivity (Wildman–Crippen MR) is 135 cm³/mol. The first-order valence-electron chi connectivity index (χ1n) is 10.1. The molecule has 3 rings (SSSR count). The van der Waals surface area contributed by atoms with Crippen molar-refractivity contribution in [1.29, 1.82) is 5.26 Å². The van der Waals surface area contributed by atoms with Gasteiger partial charge in [-0.05, 0) is 66.9 Å². The lowest BCUT2D eigenvalue weighted by Gasteiger charge is -2.14. The topological polar surface area (TPSA) is 71.3 Å². The number of anilines is 1. The Kier molecular flexibility index (Phi) is 8.16. The average Bonchev–Trinajstić information content (AvgIpc) is 2.79. The summed E-state index contributed by atoms with van der Waals surface area (Å²) in [6.07, 6.45) is 1.46. The number of ether oxygens (including phenoxy) is 2. The van der Waals surface area contributed by atoms with Gasteiger partial charge in [0.15, 0.2) is 11.5 Å². The Morgan fingerprint density at radius 3 is 2.58 bits per heavy atom. The third kappa shape index (κ3) is 6.16. The van der Waals surface area contributed by atoms with Gasteiger partial charge in [0.2, 0.25) is 0 Å². The van der Waals surface area contributed by atoms with E-state index in [0.29, 0.717) is 27.8 Å². The van der Waals surface area contributed by atoms with Gasteiger partial charge in [-0.15, -0.1) is 0 Å². The molecule has 0 unspecified atom stereocenters. The molecule has 1 amide bonds. The zero-order valence-corrected chi connectivity index (χ0v) is 20.8. The number of hydrogen-bond donors (Lipinski definition) is 1. The quantitative estimate of drug-likeness (QED) is 0.270. The summed E-state index contributed by atoms with van der Waals surface area (Å²) in [5.41, 5.74) is 4.22. The molecule has 1 N–H and O–H groups in total. The molecule has 0 aliphatic rings. The number of nitriles is 1. The van der Waals surface area contributed by atoms with Crippen molar-refractivity contribution in [3.63, 3.8) is 0 Å². The van der Waals surface area contributed by atoms with Gasteiger partial charge in [0, 0.05) is 15.7 Å². The van der Waals surface area contributed by atoms with Crippen LogP contribution in [0.5, 0.6) is 11.5 Å². The minimum atomic E-state index is -0.509. The number of hydrogen-bond acceptors (Lipinski definition) is 4. The van der Waals surface area contributed by atoms with E-state index in [4.69, 9.17) is 21.1 Å². The Balaban J connectivity index is 1.83. The molecule has 0 aliphatic carbocycles. The third-order valence-corrected chi connectivity index (χ3v) is 6.08. The summed E-state index contributed by atoms with van der Waals surface area (Å²) in [6.45, 7) is 4.24. The maximum atomic E-state index is 12.6. The van der Waals surface area contributed by atoms with Crippen molar-refractivity contribution >= 4 is 45.2 Å². The molecular formula is C26H22BrClN2O3. The van der Waals surface area contributed by atoms with Crippen LogP contribution in [-0.2, 0) is 11.4 Å². The van der Waals surface area contributed by atoms with Crippen LogP contribution in [0.2, 0.25) is 5.02 Å². The van der Waals surface area contributed by atoms with Gasteiger partial charge in [0.1, 0.15) is 18.2 Å². The lowest BCUT2D eigenvalue weighted by Crippen LogP contribution is -2.13.